The first kappa shape index (κ1) is 24.2. The molecule has 5 atom stereocenters. The van der Waals surface area contributed by atoms with E-state index in [1.807, 2.05) is 12.3 Å². The topological polar surface area (TPSA) is 101 Å². The number of hydrogen-bond acceptors (Lipinski definition) is 8. The predicted octanol–water partition coefficient (Wildman–Crippen LogP) is 3.20. The standard InChI is InChI=1S/C26H29ClN4O4S/c27-17-12-31(23-21(33)13-35-24(17)23)19-4-2-1-3-16(19)20(32)10-29-25(34)26-30-11-22(36-26)15-7-8-28-18(9-15)14-5-6-14/h7-9,11,14,16-17,19,23-24H,1-6,10,12-13H2,(H,29,34)/t16-,17-,19?,23+,24+/m0/s1. The van der Waals surface area contributed by atoms with Crippen molar-refractivity contribution in [1.82, 2.24) is 20.2 Å². The monoisotopic (exact) mass is 528 g/mol. The average Bonchev–Trinajstić information content (AvgIpc) is 3.35. The van der Waals surface area contributed by atoms with Crippen molar-refractivity contribution in [1.29, 1.82) is 0 Å². The van der Waals surface area contributed by atoms with E-state index < -0.39 is 0 Å². The van der Waals surface area contributed by atoms with Crippen molar-refractivity contribution in [2.45, 2.75) is 68.0 Å². The number of halogens is 1. The largest absolute Gasteiger partial charge is 0.367 e. The summed E-state index contributed by atoms with van der Waals surface area (Å²) >= 11 is 7.81. The number of Topliss-reactive ketones (excluding diaryl/α,β-unsaturated/α-hetero) is 2. The number of rotatable bonds is 7. The first-order valence-corrected chi connectivity index (χ1v) is 14.0. The molecule has 2 saturated carbocycles. The summed E-state index contributed by atoms with van der Waals surface area (Å²) in [5.41, 5.74) is 2.10. The van der Waals surface area contributed by atoms with Crippen LogP contribution in [-0.4, -0.2) is 75.6 Å². The Hall–Kier alpha value is -2.20. The molecule has 36 heavy (non-hydrogen) atoms. The summed E-state index contributed by atoms with van der Waals surface area (Å²) in [5.74, 6) is 0.0148. The van der Waals surface area contributed by atoms with Gasteiger partial charge >= 0.3 is 0 Å². The molecule has 4 heterocycles. The van der Waals surface area contributed by atoms with Gasteiger partial charge in [0, 0.05) is 42.5 Å². The highest BCUT2D eigenvalue weighted by molar-refractivity contribution is 7.17. The number of aromatic nitrogens is 2. The quantitative estimate of drug-likeness (QED) is 0.551. The Morgan fingerprint density at radius 1 is 1.19 bits per heavy atom. The molecule has 2 aromatic rings. The Labute approximate surface area is 218 Å². The molecule has 2 aliphatic carbocycles. The van der Waals surface area contributed by atoms with E-state index in [0.717, 1.165) is 41.8 Å². The van der Waals surface area contributed by atoms with Gasteiger partial charge in [0.15, 0.2) is 16.6 Å². The second-order valence-electron chi connectivity index (χ2n) is 10.3. The number of nitrogens with one attached hydrogen (secondary N) is 1. The molecule has 1 N–H and O–H groups in total. The Kier molecular flexibility index (Phi) is 6.66. The Morgan fingerprint density at radius 2 is 2.03 bits per heavy atom. The number of ether oxygens (including phenoxy) is 1. The second-order valence-corrected chi connectivity index (χ2v) is 11.9. The summed E-state index contributed by atoms with van der Waals surface area (Å²) in [7, 11) is 0. The molecular formula is C26H29ClN4O4S. The molecule has 4 fully saturated rings. The van der Waals surface area contributed by atoms with E-state index in [1.165, 1.54) is 24.2 Å². The lowest BCUT2D eigenvalue weighted by Gasteiger charge is -2.39. The molecular weight excluding hydrogens is 500 g/mol. The lowest BCUT2D eigenvalue weighted by Crippen LogP contribution is -2.52. The van der Waals surface area contributed by atoms with Gasteiger partial charge in [0.05, 0.1) is 28.9 Å². The minimum absolute atomic E-state index is 0.00558. The van der Waals surface area contributed by atoms with Crippen molar-refractivity contribution in [2.75, 3.05) is 19.7 Å². The van der Waals surface area contributed by atoms with Crippen LogP contribution >= 0.6 is 22.9 Å². The zero-order valence-corrected chi connectivity index (χ0v) is 21.5. The highest BCUT2D eigenvalue weighted by Crippen LogP contribution is 2.41. The maximum atomic E-state index is 13.3. The third-order valence-electron chi connectivity index (χ3n) is 7.91. The third-order valence-corrected chi connectivity index (χ3v) is 9.34. The summed E-state index contributed by atoms with van der Waals surface area (Å²) in [5, 5.41) is 2.87. The van der Waals surface area contributed by atoms with Crippen LogP contribution in [-0.2, 0) is 14.3 Å². The van der Waals surface area contributed by atoms with Gasteiger partial charge in [-0.1, -0.05) is 12.8 Å². The summed E-state index contributed by atoms with van der Waals surface area (Å²) in [4.78, 5) is 50.4. The average molecular weight is 529 g/mol. The number of alkyl halides is 1. The first-order chi connectivity index (χ1) is 17.5. The molecule has 2 saturated heterocycles. The van der Waals surface area contributed by atoms with Gasteiger partial charge in [-0.05, 0) is 43.4 Å². The van der Waals surface area contributed by atoms with E-state index >= 15 is 0 Å². The number of amides is 1. The molecule has 0 aromatic carbocycles. The fourth-order valence-electron chi connectivity index (χ4n) is 5.95. The molecule has 190 valence electrons. The van der Waals surface area contributed by atoms with Gasteiger partial charge in [0.25, 0.3) is 5.91 Å². The zero-order valence-electron chi connectivity index (χ0n) is 19.9. The maximum Gasteiger partial charge on any atom is 0.280 e. The van der Waals surface area contributed by atoms with Crippen LogP contribution in [0.4, 0.5) is 0 Å². The molecule has 4 aliphatic rings. The number of pyridine rings is 1. The second kappa shape index (κ2) is 9.93. The van der Waals surface area contributed by atoms with Crippen LogP contribution in [0, 0.1) is 5.92 Å². The fraction of sp³-hybridized carbons (Fsp3) is 0.577. The highest BCUT2D eigenvalue weighted by atomic mass is 35.5. The van der Waals surface area contributed by atoms with Gasteiger partial charge in [-0.3, -0.25) is 24.3 Å². The molecule has 0 spiro atoms. The predicted molar refractivity (Wildman–Crippen MR) is 135 cm³/mol. The van der Waals surface area contributed by atoms with Crippen molar-refractivity contribution in [3.8, 4) is 10.4 Å². The van der Waals surface area contributed by atoms with E-state index in [4.69, 9.17) is 16.3 Å². The Bertz CT molecular complexity index is 1180. The zero-order chi connectivity index (χ0) is 24.8. The maximum absolute atomic E-state index is 13.3. The molecule has 2 aliphatic heterocycles. The van der Waals surface area contributed by atoms with Crippen LogP contribution < -0.4 is 5.32 Å². The Balaban J connectivity index is 1.10. The van der Waals surface area contributed by atoms with Crippen LogP contribution in [0.3, 0.4) is 0 Å². The van der Waals surface area contributed by atoms with Gasteiger partial charge in [-0.25, -0.2) is 4.98 Å². The molecule has 1 unspecified atom stereocenters. The number of thiazole rings is 1. The molecule has 1 amide bonds. The van der Waals surface area contributed by atoms with Crippen molar-refractivity contribution in [3.05, 3.63) is 35.2 Å². The van der Waals surface area contributed by atoms with Crippen LogP contribution in [0.1, 0.15) is 59.9 Å². The van der Waals surface area contributed by atoms with Crippen LogP contribution in [0.15, 0.2) is 24.5 Å². The normalized spacial score (nSPS) is 30.4. The third kappa shape index (κ3) is 4.62. The van der Waals surface area contributed by atoms with Crippen molar-refractivity contribution >= 4 is 40.4 Å². The first-order valence-electron chi connectivity index (χ1n) is 12.8. The van der Waals surface area contributed by atoms with E-state index in [1.54, 1.807) is 6.20 Å². The molecule has 2 aromatic heterocycles. The SMILES string of the molecule is O=C(NCC(=O)[C@H]1CCCCC1N1C[C@H](Cl)[C@H]2OCC(=O)[C@H]21)c1ncc(-c2ccnc(C3CC3)c2)s1. The smallest absolute Gasteiger partial charge is 0.280 e. The Morgan fingerprint density at radius 3 is 2.86 bits per heavy atom. The van der Waals surface area contributed by atoms with E-state index in [9.17, 15) is 14.4 Å². The van der Waals surface area contributed by atoms with Gasteiger partial charge in [-0.15, -0.1) is 22.9 Å². The van der Waals surface area contributed by atoms with Crippen LogP contribution in [0.2, 0.25) is 0 Å². The lowest BCUT2D eigenvalue weighted by atomic mass is 9.80. The van der Waals surface area contributed by atoms with Gasteiger partial charge in [-0.2, -0.15) is 0 Å². The van der Waals surface area contributed by atoms with Crippen molar-refractivity contribution in [2.24, 2.45) is 5.92 Å². The molecule has 8 nitrogen and oxygen atoms in total. The number of likely N-dealkylation sites (tertiary alicyclic amines) is 1. The number of carbonyl (C=O) groups is 3. The molecule has 10 heteroatoms. The minimum atomic E-state index is -0.358. The van der Waals surface area contributed by atoms with Gasteiger partial charge in [0.1, 0.15) is 6.61 Å². The van der Waals surface area contributed by atoms with E-state index in [2.05, 4.69) is 26.3 Å². The lowest BCUT2D eigenvalue weighted by molar-refractivity contribution is -0.128. The molecule has 6 rings (SSSR count). The van der Waals surface area contributed by atoms with Crippen LogP contribution in [0.25, 0.3) is 10.4 Å². The fourth-order valence-corrected chi connectivity index (χ4v) is 7.15. The highest BCUT2D eigenvalue weighted by Gasteiger charge is 2.53. The van der Waals surface area contributed by atoms with Gasteiger partial charge in [0.2, 0.25) is 0 Å². The van der Waals surface area contributed by atoms with E-state index in [0.29, 0.717) is 17.5 Å². The molecule has 0 radical (unpaired) electrons. The summed E-state index contributed by atoms with van der Waals surface area (Å²) < 4.78 is 5.63. The summed E-state index contributed by atoms with van der Waals surface area (Å²) in [6.45, 7) is 0.586. The van der Waals surface area contributed by atoms with Gasteiger partial charge < -0.3 is 10.1 Å². The van der Waals surface area contributed by atoms with Crippen molar-refractivity contribution < 1.29 is 19.1 Å². The van der Waals surface area contributed by atoms with E-state index in [-0.39, 0.29) is 60.1 Å². The summed E-state index contributed by atoms with van der Waals surface area (Å²) in [6.07, 6.45) is 9.14. The molecule has 0 bridgehead atoms. The number of fused-ring (bicyclic) bond motifs is 1. The summed E-state index contributed by atoms with van der Waals surface area (Å²) in [6, 6.07) is 3.60. The number of nitrogens with zero attached hydrogens (tertiary/aromatic N) is 3. The number of hydrogen-bond donors (Lipinski definition) is 1. The van der Waals surface area contributed by atoms with Crippen LogP contribution in [0.5, 0.6) is 0 Å². The number of carbonyl (C=O) groups excluding carboxylic acids is 3. The minimum Gasteiger partial charge on any atom is -0.367 e. The van der Waals surface area contributed by atoms with Crippen molar-refractivity contribution in [3.63, 3.8) is 0 Å². The number of ketones is 2.